The Kier molecular flexibility index (Phi) is 3.96. The molecular weight excluding hydrogens is 252 g/mol. The summed E-state index contributed by atoms with van der Waals surface area (Å²) >= 11 is 0. The Morgan fingerprint density at radius 3 is 2.67 bits per heavy atom. The van der Waals surface area contributed by atoms with E-state index >= 15 is 0 Å². The van der Waals surface area contributed by atoms with E-state index in [0.717, 1.165) is 19.5 Å². The number of rotatable bonds is 3. The zero-order valence-corrected chi connectivity index (χ0v) is 11.7. The largest absolute Gasteiger partial charge is 0.342 e. The second-order valence-corrected chi connectivity index (χ2v) is 7.95. The van der Waals surface area contributed by atoms with Crippen molar-refractivity contribution in [2.75, 3.05) is 24.6 Å². The third-order valence-corrected chi connectivity index (χ3v) is 5.95. The molecule has 0 aliphatic carbocycles. The molecule has 2 rings (SSSR count). The highest BCUT2D eigenvalue weighted by Crippen LogP contribution is 2.25. The number of likely N-dealkylation sites (tertiary alicyclic amines) is 1. The maximum absolute atomic E-state index is 12.1. The molecule has 0 aromatic carbocycles. The lowest BCUT2D eigenvalue weighted by atomic mass is 10.0. The van der Waals surface area contributed by atoms with Crippen molar-refractivity contribution in [1.29, 1.82) is 0 Å². The standard InChI is InChI=1S/C12H22N2O3S/c1-9(13)11-2-4-14(7-11)12(15)6-10-3-5-18(16,17)8-10/h9-11H,2-8,13H2,1H3. The summed E-state index contributed by atoms with van der Waals surface area (Å²) < 4.78 is 22.7. The van der Waals surface area contributed by atoms with E-state index in [1.54, 1.807) is 0 Å². The smallest absolute Gasteiger partial charge is 0.222 e. The van der Waals surface area contributed by atoms with Gasteiger partial charge in [0.05, 0.1) is 11.5 Å². The van der Waals surface area contributed by atoms with Crippen LogP contribution in [-0.2, 0) is 14.6 Å². The van der Waals surface area contributed by atoms with Crippen LogP contribution < -0.4 is 5.73 Å². The summed E-state index contributed by atoms with van der Waals surface area (Å²) in [5, 5.41) is 0. The van der Waals surface area contributed by atoms with Crippen LogP contribution >= 0.6 is 0 Å². The van der Waals surface area contributed by atoms with Gasteiger partial charge in [-0.1, -0.05) is 0 Å². The van der Waals surface area contributed by atoms with Crippen molar-refractivity contribution < 1.29 is 13.2 Å². The number of amides is 1. The van der Waals surface area contributed by atoms with Crippen LogP contribution in [0.25, 0.3) is 0 Å². The first-order valence-electron chi connectivity index (χ1n) is 6.61. The molecule has 0 radical (unpaired) electrons. The maximum Gasteiger partial charge on any atom is 0.222 e. The van der Waals surface area contributed by atoms with Crippen molar-refractivity contribution in [3.63, 3.8) is 0 Å². The predicted molar refractivity (Wildman–Crippen MR) is 69.7 cm³/mol. The van der Waals surface area contributed by atoms with E-state index in [9.17, 15) is 13.2 Å². The summed E-state index contributed by atoms with van der Waals surface area (Å²) in [6.07, 6.45) is 1.98. The topological polar surface area (TPSA) is 80.5 Å². The monoisotopic (exact) mass is 274 g/mol. The highest BCUT2D eigenvalue weighted by Gasteiger charge is 2.33. The van der Waals surface area contributed by atoms with E-state index in [0.29, 0.717) is 18.8 Å². The van der Waals surface area contributed by atoms with Crippen molar-refractivity contribution in [1.82, 2.24) is 4.90 Å². The van der Waals surface area contributed by atoms with E-state index < -0.39 is 9.84 Å². The fourth-order valence-electron chi connectivity index (χ4n) is 2.85. The van der Waals surface area contributed by atoms with Crippen molar-refractivity contribution in [2.45, 2.75) is 32.2 Å². The number of carbonyl (C=O) groups is 1. The Labute approximate surface area is 109 Å². The zero-order valence-electron chi connectivity index (χ0n) is 10.8. The van der Waals surface area contributed by atoms with Gasteiger partial charge in [-0.2, -0.15) is 0 Å². The van der Waals surface area contributed by atoms with Crippen LogP contribution in [0.2, 0.25) is 0 Å². The van der Waals surface area contributed by atoms with Crippen LogP contribution in [0.5, 0.6) is 0 Å². The first-order chi connectivity index (χ1) is 8.37. The number of sulfone groups is 1. The van der Waals surface area contributed by atoms with E-state index in [2.05, 4.69) is 0 Å². The van der Waals surface area contributed by atoms with Crippen LogP contribution in [0.15, 0.2) is 0 Å². The lowest BCUT2D eigenvalue weighted by molar-refractivity contribution is -0.131. The minimum Gasteiger partial charge on any atom is -0.342 e. The van der Waals surface area contributed by atoms with Crippen LogP contribution in [0.3, 0.4) is 0 Å². The Balaban J connectivity index is 1.83. The quantitative estimate of drug-likeness (QED) is 0.786. The fraction of sp³-hybridized carbons (Fsp3) is 0.917. The second kappa shape index (κ2) is 5.17. The molecule has 2 aliphatic rings. The maximum atomic E-state index is 12.1. The van der Waals surface area contributed by atoms with Gasteiger partial charge in [0.2, 0.25) is 5.91 Å². The average molecular weight is 274 g/mol. The molecule has 2 aliphatic heterocycles. The molecule has 2 N–H and O–H groups in total. The van der Waals surface area contributed by atoms with Gasteiger partial charge in [0, 0.05) is 25.6 Å². The molecule has 0 saturated carbocycles. The van der Waals surface area contributed by atoms with Crippen LogP contribution in [0.1, 0.15) is 26.2 Å². The predicted octanol–water partition coefficient (Wildman–Crippen LogP) is 0.00690. The SMILES string of the molecule is CC(N)C1CCN(C(=O)CC2CCS(=O)(=O)C2)C1. The summed E-state index contributed by atoms with van der Waals surface area (Å²) in [5.41, 5.74) is 5.84. The van der Waals surface area contributed by atoms with Gasteiger partial charge in [-0.05, 0) is 31.6 Å². The van der Waals surface area contributed by atoms with E-state index in [4.69, 9.17) is 5.73 Å². The summed E-state index contributed by atoms with van der Waals surface area (Å²) in [4.78, 5) is 13.9. The van der Waals surface area contributed by atoms with Crippen molar-refractivity contribution in [2.24, 2.45) is 17.6 Å². The van der Waals surface area contributed by atoms with Gasteiger partial charge in [-0.15, -0.1) is 0 Å². The van der Waals surface area contributed by atoms with Gasteiger partial charge in [-0.3, -0.25) is 4.79 Å². The third kappa shape index (κ3) is 3.23. The molecule has 0 aromatic heterocycles. The molecule has 0 aromatic rings. The molecule has 1 amide bonds. The lowest BCUT2D eigenvalue weighted by Crippen LogP contribution is -2.33. The van der Waals surface area contributed by atoms with Crippen LogP contribution in [0.4, 0.5) is 0 Å². The lowest BCUT2D eigenvalue weighted by Gasteiger charge is -2.19. The molecular formula is C12H22N2O3S. The summed E-state index contributed by atoms with van der Waals surface area (Å²) in [5.74, 6) is 0.940. The number of nitrogens with two attached hydrogens (primary N) is 1. The Bertz CT molecular complexity index is 419. The van der Waals surface area contributed by atoms with Gasteiger partial charge in [0.1, 0.15) is 0 Å². The van der Waals surface area contributed by atoms with Gasteiger partial charge in [0.25, 0.3) is 0 Å². The first kappa shape index (κ1) is 13.8. The van der Waals surface area contributed by atoms with E-state index in [1.807, 2.05) is 11.8 Å². The van der Waals surface area contributed by atoms with Gasteiger partial charge < -0.3 is 10.6 Å². The Morgan fingerprint density at radius 2 is 2.17 bits per heavy atom. The molecule has 104 valence electrons. The minimum atomic E-state index is -2.88. The van der Waals surface area contributed by atoms with Crippen molar-refractivity contribution >= 4 is 15.7 Å². The van der Waals surface area contributed by atoms with Gasteiger partial charge >= 0.3 is 0 Å². The number of nitrogens with zero attached hydrogens (tertiary/aromatic N) is 1. The Morgan fingerprint density at radius 1 is 1.44 bits per heavy atom. The highest BCUT2D eigenvalue weighted by atomic mass is 32.2. The molecule has 2 heterocycles. The van der Waals surface area contributed by atoms with Gasteiger partial charge in [0.15, 0.2) is 9.84 Å². The van der Waals surface area contributed by atoms with Crippen LogP contribution in [-0.4, -0.2) is 49.9 Å². The van der Waals surface area contributed by atoms with Crippen LogP contribution in [0, 0.1) is 11.8 Å². The van der Waals surface area contributed by atoms with Gasteiger partial charge in [-0.25, -0.2) is 8.42 Å². The molecule has 6 heteroatoms. The zero-order chi connectivity index (χ0) is 13.3. The highest BCUT2D eigenvalue weighted by molar-refractivity contribution is 7.91. The summed E-state index contributed by atoms with van der Waals surface area (Å²) in [6, 6.07) is 0.120. The Hall–Kier alpha value is -0.620. The number of hydrogen-bond donors (Lipinski definition) is 1. The number of hydrogen-bond acceptors (Lipinski definition) is 4. The summed E-state index contributed by atoms with van der Waals surface area (Å²) in [6.45, 7) is 3.47. The normalized spacial score (nSPS) is 32.7. The van der Waals surface area contributed by atoms with E-state index in [1.165, 1.54) is 0 Å². The fourth-order valence-corrected chi connectivity index (χ4v) is 4.71. The third-order valence-electron chi connectivity index (χ3n) is 4.11. The molecule has 0 spiro atoms. The second-order valence-electron chi connectivity index (χ2n) is 5.72. The molecule has 3 atom stereocenters. The number of carbonyl (C=O) groups excluding carboxylic acids is 1. The first-order valence-corrected chi connectivity index (χ1v) is 8.43. The van der Waals surface area contributed by atoms with Crippen molar-refractivity contribution in [3.8, 4) is 0 Å². The molecule has 2 saturated heterocycles. The average Bonchev–Trinajstić information content (AvgIpc) is 2.85. The summed E-state index contributed by atoms with van der Waals surface area (Å²) in [7, 11) is -2.88. The molecule has 3 unspecified atom stereocenters. The van der Waals surface area contributed by atoms with Crippen molar-refractivity contribution in [3.05, 3.63) is 0 Å². The molecule has 18 heavy (non-hydrogen) atoms. The molecule has 2 fully saturated rings. The molecule has 5 nitrogen and oxygen atoms in total. The van der Waals surface area contributed by atoms with E-state index in [-0.39, 0.29) is 29.4 Å². The molecule has 0 bridgehead atoms. The minimum absolute atomic E-state index is 0.0249.